The fourth-order valence-corrected chi connectivity index (χ4v) is 4.08. The largest absolute Gasteiger partial charge is 0.465 e. The van der Waals surface area contributed by atoms with Crippen molar-refractivity contribution in [3.8, 4) is 0 Å². The molecule has 4 nitrogen and oxygen atoms in total. The molecule has 0 spiro atoms. The van der Waals surface area contributed by atoms with Crippen molar-refractivity contribution in [1.29, 1.82) is 0 Å². The van der Waals surface area contributed by atoms with Gasteiger partial charge in [0.15, 0.2) is 0 Å². The lowest BCUT2D eigenvalue weighted by atomic mass is 9.89. The van der Waals surface area contributed by atoms with E-state index in [1.807, 2.05) is 49.4 Å². The van der Waals surface area contributed by atoms with Crippen LogP contribution in [0.3, 0.4) is 0 Å². The maximum Gasteiger partial charge on any atom is 0.338 e. The minimum Gasteiger partial charge on any atom is -0.465 e. The Labute approximate surface area is 148 Å². The monoisotopic (exact) mass is 341 g/mol. The molecule has 5 aromatic rings. The van der Waals surface area contributed by atoms with Crippen LogP contribution in [-0.4, -0.2) is 18.1 Å². The molecule has 4 aromatic carbocycles. The van der Waals surface area contributed by atoms with E-state index in [-0.39, 0.29) is 11.5 Å². The number of hydrogen-bond donors (Lipinski definition) is 1. The van der Waals surface area contributed by atoms with E-state index >= 15 is 0 Å². The number of hydrogen-bond acceptors (Lipinski definition) is 3. The summed E-state index contributed by atoms with van der Waals surface area (Å²) in [6, 6.07) is 15.6. The van der Waals surface area contributed by atoms with Gasteiger partial charge in [0, 0.05) is 16.3 Å². The third kappa shape index (κ3) is 1.73. The number of carbonyl (C=O) groups excluding carboxylic acids is 1. The van der Waals surface area contributed by atoms with Crippen molar-refractivity contribution >= 4 is 49.2 Å². The SMILES string of the molecule is COC(=O)c1ccc2c3cccc4c(C)c(=O)[nH]c(c5cccc1c25)c43. The molecule has 0 radical (unpaired) electrons. The van der Waals surface area contributed by atoms with E-state index in [1.165, 1.54) is 7.11 Å². The fourth-order valence-electron chi connectivity index (χ4n) is 4.08. The van der Waals surface area contributed by atoms with Crippen LogP contribution in [0, 0.1) is 6.92 Å². The van der Waals surface area contributed by atoms with E-state index in [4.69, 9.17) is 4.74 Å². The number of H-pyrrole nitrogens is 1. The number of aryl methyl sites for hydroxylation is 1. The van der Waals surface area contributed by atoms with Gasteiger partial charge in [-0.05, 0) is 39.9 Å². The van der Waals surface area contributed by atoms with Crippen LogP contribution in [0.25, 0.3) is 43.2 Å². The molecule has 0 amide bonds. The van der Waals surface area contributed by atoms with Crippen LogP contribution in [0.4, 0.5) is 0 Å². The predicted molar refractivity (Wildman–Crippen MR) is 104 cm³/mol. The van der Waals surface area contributed by atoms with Gasteiger partial charge in [0.05, 0.1) is 18.2 Å². The lowest BCUT2D eigenvalue weighted by Gasteiger charge is -2.16. The molecule has 0 bridgehead atoms. The van der Waals surface area contributed by atoms with E-state index in [9.17, 15) is 9.59 Å². The first kappa shape index (κ1) is 14.9. The number of nitrogens with one attached hydrogen (secondary N) is 1. The zero-order valence-corrected chi connectivity index (χ0v) is 14.3. The molecule has 0 saturated carbocycles. The van der Waals surface area contributed by atoms with Gasteiger partial charge in [0.2, 0.25) is 0 Å². The molecular formula is C22H15NO3. The minimum atomic E-state index is -0.366. The standard InChI is InChI=1S/C22H15NO3/c1-11-12-5-3-6-13-15-9-10-16(22(25)26-2)14-7-4-8-17(18(14)15)20(19(12)13)23-21(11)24/h3-10H,1-2H3,(H,23,24). The highest BCUT2D eigenvalue weighted by atomic mass is 16.5. The van der Waals surface area contributed by atoms with Crippen molar-refractivity contribution in [1.82, 2.24) is 4.98 Å². The summed E-state index contributed by atoms with van der Waals surface area (Å²) >= 11 is 0. The van der Waals surface area contributed by atoms with Gasteiger partial charge >= 0.3 is 5.97 Å². The van der Waals surface area contributed by atoms with Gasteiger partial charge in [-0.15, -0.1) is 0 Å². The molecule has 4 heteroatoms. The number of fused-ring (bicyclic) bond motifs is 2. The van der Waals surface area contributed by atoms with Crippen LogP contribution >= 0.6 is 0 Å². The van der Waals surface area contributed by atoms with Crippen LogP contribution in [0.15, 0.2) is 53.3 Å². The van der Waals surface area contributed by atoms with Crippen molar-refractivity contribution in [2.24, 2.45) is 0 Å². The summed E-state index contributed by atoms with van der Waals surface area (Å²) in [6.45, 7) is 1.85. The van der Waals surface area contributed by atoms with Crippen molar-refractivity contribution in [2.75, 3.05) is 7.11 Å². The van der Waals surface area contributed by atoms with Crippen LogP contribution in [0.5, 0.6) is 0 Å². The minimum absolute atomic E-state index is 0.0887. The van der Waals surface area contributed by atoms with Crippen molar-refractivity contribution in [2.45, 2.75) is 6.92 Å². The number of pyridine rings is 1. The average Bonchev–Trinajstić information content (AvgIpc) is 2.68. The Morgan fingerprint density at radius 1 is 0.846 bits per heavy atom. The number of esters is 1. The molecule has 0 saturated heterocycles. The molecule has 126 valence electrons. The summed E-state index contributed by atoms with van der Waals surface area (Å²) in [5, 5.41) is 6.87. The Hall–Kier alpha value is -3.40. The highest BCUT2D eigenvalue weighted by Crippen LogP contribution is 2.40. The first-order valence-corrected chi connectivity index (χ1v) is 8.42. The van der Waals surface area contributed by atoms with E-state index < -0.39 is 0 Å². The summed E-state index contributed by atoms with van der Waals surface area (Å²) in [7, 11) is 1.38. The zero-order valence-electron chi connectivity index (χ0n) is 14.3. The van der Waals surface area contributed by atoms with Gasteiger partial charge in [-0.2, -0.15) is 0 Å². The second kappa shape index (κ2) is 5.05. The third-order valence-electron chi connectivity index (χ3n) is 5.30. The Bertz CT molecular complexity index is 1410. The van der Waals surface area contributed by atoms with Crippen molar-refractivity contribution < 1.29 is 9.53 Å². The number of aromatic nitrogens is 1. The molecule has 0 unspecified atom stereocenters. The first-order chi connectivity index (χ1) is 12.6. The van der Waals surface area contributed by atoms with Crippen molar-refractivity contribution in [3.05, 3.63) is 70.0 Å². The van der Waals surface area contributed by atoms with Crippen LogP contribution in [-0.2, 0) is 4.74 Å². The van der Waals surface area contributed by atoms with E-state index in [1.54, 1.807) is 0 Å². The number of ether oxygens (including phenoxy) is 1. The Morgan fingerprint density at radius 3 is 2.27 bits per heavy atom. The second-order valence-electron chi connectivity index (χ2n) is 6.56. The molecule has 0 atom stereocenters. The second-order valence-corrected chi connectivity index (χ2v) is 6.56. The third-order valence-corrected chi connectivity index (χ3v) is 5.30. The summed E-state index contributed by atoms with van der Waals surface area (Å²) in [6.07, 6.45) is 0. The van der Waals surface area contributed by atoms with Gasteiger partial charge in [-0.3, -0.25) is 4.79 Å². The fraction of sp³-hybridized carbons (Fsp3) is 0.0909. The van der Waals surface area contributed by atoms with Gasteiger partial charge < -0.3 is 9.72 Å². The normalized spacial score (nSPS) is 11.8. The number of benzene rings is 4. The summed E-state index contributed by atoms with van der Waals surface area (Å²) < 4.78 is 4.94. The number of carbonyl (C=O) groups is 1. The van der Waals surface area contributed by atoms with Gasteiger partial charge in [0.25, 0.3) is 5.56 Å². The Morgan fingerprint density at radius 2 is 1.50 bits per heavy atom. The molecule has 1 heterocycles. The summed E-state index contributed by atoms with van der Waals surface area (Å²) in [4.78, 5) is 27.7. The lowest BCUT2D eigenvalue weighted by Crippen LogP contribution is -2.10. The van der Waals surface area contributed by atoms with Crippen LogP contribution in [0.2, 0.25) is 0 Å². The van der Waals surface area contributed by atoms with E-state index in [0.717, 1.165) is 43.2 Å². The van der Waals surface area contributed by atoms with Gasteiger partial charge in [0.1, 0.15) is 0 Å². The molecule has 1 N–H and O–H groups in total. The van der Waals surface area contributed by atoms with Crippen molar-refractivity contribution in [3.63, 3.8) is 0 Å². The molecule has 1 aromatic heterocycles. The summed E-state index contributed by atoms with van der Waals surface area (Å²) in [5.74, 6) is -0.366. The molecule has 0 aliphatic rings. The lowest BCUT2D eigenvalue weighted by molar-refractivity contribution is 0.0603. The molecular weight excluding hydrogens is 326 g/mol. The maximum absolute atomic E-state index is 12.5. The molecule has 0 aliphatic heterocycles. The van der Waals surface area contributed by atoms with E-state index in [0.29, 0.717) is 11.1 Å². The van der Waals surface area contributed by atoms with Gasteiger partial charge in [-0.25, -0.2) is 4.79 Å². The number of aromatic amines is 1. The molecule has 5 rings (SSSR count). The highest BCUT2D eigenvalue weighted by molar-refractivity contribution is 6.33. The summed E-state index contributed by atoms with van der Waals surface area (Å²) in [5.41, 5.74) is 1.96. The van der Waals surface area contributed by atoms with Crippen LogP contribution in [0.1, 0.15) is 15.9 Å². The van der Waals surface area contributed by atoms with E-state index in [2.05, 4.69) is 11.1 Å². The average molecular weight is 341 g/mol. The molecule has 26 heavy (non-hydrogen) atoms. The van der Waals surface area contributed by atoms with Gasteiger partial charge in [-0.1, -0.05) is 42.5 Å². The molecule has 0 fully saturated rings. The smallest absolute Gasteiger partial charge is 0.338 e. The van der Waals surface area contributed by atoms with Crippen LogP contribution < -0.4 is 5.56 Å². The Kier molecular flexibility index (Phi) is 2.89. The number of rotatable bonds is 1. The topological polar surface area (TPSA) is 59.2 Å². The molecule has 0 aliphatic carbocycles. The highest BCUT2D eigenvalue weighted by Gasteiger charge is 2.18. The Balaban J connectivity index is 2.16. The quantitative estimate of drug-likeness (QED) is 0.277. The maximum atomic E-state index is 12.5. The predicted octanol–water partition coefficient (Wildman–Crippen LogP) is 4.52. The number of methoxy groups -OCH3 is 1. The first-order valence-electron chi connectivity index (χ1n) is 8.42. The zero-order chi connectivity index (χ0) is 18.0.